The smallest absolute Gasteiger partial charge is 0.00953 e. The van der Waals surface area contributed by atoms with E-state index >= 15 is 0 Å². The molecule has 0 N–H and O–H groups in total. The number of hydrogen-bond donors (Lipinski definition) is 0. The average molecular weight is 181 g/mol. The van der Waals surface area contributed by atoms with Crippen LogP contribution in [-0.2, 0) is 0 Å². The Hall–Kier alpha value is -0.0400. The first-order valence-electron chi connectivity index (χ1n) is 6.05. The molecule has 0 aromatic carbocycles. The van der Waals surface area contributed by atoms with Crippen LogP contribution >= 0.6 is 0 Å². The van der Waals surface area contributed by atoms with Crippen molar-refractivity contribution in [2.45, 2.75) is 52.0 Å². The molecule has 2 fully saturated rings. The van der Waals surface area contributed by atoms with E-state index in [1.807, 2.05) is 0 Å². The van der Waals surface area contributed by atoms with Crippen LogP contribution in [0.2, 0.25) is 0 Å². The number of rotatable bonds is 2. The normalized spacial score (nSPS) is 37.4. The van der Waals surface area contributed by atoms with Crippen LogP contribution in [0.1, 0.15) is 46.0 Å². The van der Waals surface area contributed by atoms with E-state index in [-0.39, 0.29) is 0 Å². The molecule has 1 aliphatic heterocycles. The van der Waals surface area contributed by atoms with Gasteiger partial charge in [-0.25, -0.2) is 0 Å². The lowest BCUT2D eigenvalue weighted by Crippen LogP contribution is -2.47. The number of nitrogens with zero attached hydrogens (tertiary/aromatic N) is 1. The van der Waals surface area contributed by atoms with Gasteiger partial charge >= 0.3 is 0 Å². The Morgan fingerprint density at radius 3 is 2.46 bits per heavy atom. The zero-order valence-corrected chi connectivity index (χ0v) is 9.13. The van der Waals surface area contributed by atoms with Gasteiger partial charge in [0.05, 0.1) is 0 Å². The first-order chi connectivity index (χ1) is 6.31. The molecule has 76 valence electrons. The van der Waals surface area contributed by atoms with Gasteiger partial charge in [0.25, 0.3) is 0 Å². The van der Waals surface area contributed by atoms with Crippen LogP contribution in [0.3, 0.4) is 0 Å². The first kappa shape index (κ1) is 9.51. The summed E-state index contributed by atoms with van der Waals surface area (Å²) < 4.78 is 0. The molecule has 1 aliphatic carbocycles. The molecule has 2 rings (SSSR count). The highest BCUT2D eigenvalue weighted by Crippen LogP contribution is 2.32. The molecule has 2 aliphatic rings. The molecule has 0 spiro atoms. The third-order valence-corrected chi connectivity index (χ3v) is 4.23. The molecule has 2 atom stereocenters. The van der Waals surface area contributed by atoms with Crippen LogP contribution < -0.4 is 0 Å². The molecule has 0 unspecified atom stereocenters. The lowest BCUT2D eigenvalue weighted by molar-refractivity contribution is 0.0521. The Balaban J connectivity index is 1.83. The summed E-state index contributed by atoms with van der Waals surface area (Å²) in [5, 5.41) is 0. The largest absolute Gasteiger partial charge is 0.300 e. The highest BCUT2D eigenvalue weighted by molar-refractivity contribution is 4.85. The Labute approximate surface area is 82.5 Å². The van der Waals surface area contributed by atoms with Gasteiger partial charge in [0, 0.05) is 12.6 Å². The second kappa shape index (κ2) is 4.00. The Morgan fingerprint density at radius 2 is 2.00 bits per heavy atom. The maximum Gasteiger partial charge on any atom is 0.00953 e. The Bertz CT molecular complexity index is 163. The van der Waals surface area contributed by atoms with Crippen molar-refractivity contribution in [2.24, 2.45) is 11.8 Å². The summed E-state index contributed by atoms with van der Waals surface area (Å²) in [6.45, 7) is 7.55. The minimum atomic E-state index is 0.944. The molecule has 1 heterocycles. The van der Waals surface area contributed by atoms with Crippen molar-refractivity contribution in [1.82, 2.24) is 4.90 Å². The second-order valence-corrected chi connectivity index (χ2v) is 5.01. The Morgan fingerprint density at radius 1 is 1.23 bits per heavy atom. The summed E-state index contributed by atoms with van der Waals surface area (Å²) in [6.07, 6.45) is 7.27. The highest BCUT2D eigenvalue weighted by atomic mass is 15.2. The molecule has 1 saturated carbocycles. The molecule has 0 aromatic heterocycles. The zero-order chi connectivity index (χ0) is 9.26. The van der Waals surface area contributed by atoms with Gasteiger partial charge in [-0.15, -0.1) is 0 Å². The van der Waals surface area contributed by atoms with E-state index in [9.17, 15) is 0 Å². The fraction of sp³-hybridized carbons (Fsp3) is 1.00. The van der Waals surface area contributed by atoms with Crippen LogP contribution in [0, 0.1) is 11.8 Å². The third kappa shape index (κ3) is 1.90. The zero-order valence-electron chi connectivity index (χ0n) is 9.13. The summed E-state index contributed by atoms with van der Waals surface area (Å²) in [6, 6.07) is 0.972. The van der Waals surface area contributed by atoms with E-state index in [0.29, 0.717) is 0 Å². The van der Waals surface area contributed by atoms with Crippen molar-refractivity contribution in [3.8, 4) is 0 Å². The summed E-state index contributed by atoms with van der Waals surface area (Å²) in [7, 11) is 0. The second-order valence-electron chi connectivity index (χ2n) is 5.01. The van der Waals surface area contributed by atoms with Crippen molar-refractivity contribution < 1.29 is 0 Å². The van der Waals surface area contributed by atoms with Crippen molar-refractivity contribution in [2.75, 3.05) is 13.1 Å². The van der Waals surface area contributed by atoms with E-state index in [2.05, 4.69) is 18.7 Å². The van der Waals surface area contributed by atoms with Crippen molar-refractivity contribution in [3.63, 3.8) is 0 Å². The van der Waals surface area contributed by atoms with Gasteiger partial charge in [-0.05, 0) is 37.6 Å². The topological polar surface area (TPSA) is 3.24 Å². The van der Waals surface area contributed by atoms with Crippen LogP contribution in [-0.4, -0.2) is 24.0 Å². The maximum absolute atomic E-state index is 2.75. The van der Waals surface area contributed by atoms with Gasteiger partial charge in [-0.3, -0.25) is 0 Å². The molecule has 0 bridgehead atoms. The molecule has 0 aromatic rings. The van der Waals surface area contributed by atoms with Gasteiger partial charge in [0.2, 0.25) is 0 Å². The number of piperidine rings is 1. The Kier molecular flexibility index (Phi) is 2.92. The van der Waals surface area contributed by atoms with Crippen molar-refractivity contribution in [1.29, 1.82) is 0 Å². The summed E-state index contributed by atoms with van der Waals surface area (Å²) in [5.74, 6) is 1.95. The maximum atomic E-state index is 2.75. The molecule has 1 saturated heterocycles. The summed E-state index contributed by atoms with van der Waals surface area (Å²) >= 11 is 0. The minimum absolute atomic E-state index is 0.944. The average Bonchev–Trinajstić information content (AvgIpc) is 2.01. The molecule has 0 amide bonds. The summed E-state index contributed by atoms with van der Waals surface area (Å²) in [4.78, 5) is 2.75. The van der Waals surface area contributed by atoms with Crippen molar-refractivity contribution in [3.05, 3.63) is 0 Å². The lowest BCUT2D eigenvalue weighted by atomic mass is 9.82. The monoisotopic (exact) mass is 181 g/mol. The highest BCUT2D eigenvalue weighted by Gasteiger charge is 2.31. The molecule has 13 heavy (non-hydrogen) atoms. The first-order valence-corrected chi connectivity index (χ1v) is 6.05. The van der Waals surface area contributed by atoms with Crippen LogP contribution in [0.15, 0.2) is 0 Å². The predicted molar refractivity (Wildman–Crippen MR) is 56.8 cm³/mol. The lowest BCUT2D eigenvalue weighted by Gasteiger charge is -2.44. The van der Waals surface area contributed by atoms with Gasteiger partial charge < -0.3 is 4.90 Å². The minimum Gasteiger partial charge on any atom is -0.300 e. The van der Waals surface area contributed by atoms with E-state index in [4.69, 9.17) is 0 Å². The van der Waals surface area contributed by atoms with Crippen LogP contribution in [0.25, 0.3) is 0 Å². The van der Waals surface area contributed by atoms with E-state index < -0.39 is 0 Å². The van der Waals surface area contributed by atoms with Gasteiger partial charge in [0.1, 0.15) is 0 Å². The van der Waals surface area contributed by atoms with Gasteiger partial charge in [-0.2, -0.15) is 0 Å². The van der Waals surface area contributed by atoms with Gasteiger partial charge in [0.15, 0.2) is 0 Å². The fourth-order valence-corrected chi connectivity index (χ4v) is 2.92. The molecule has 1 nitrogen and oxygen atoms in total. The van der Waals surface area contributed by atoms with E-state index in [0.717, 1.165) is 17.9 Å². The summed E-state index contributed by atoms with van der Waals surface area (Å²) in [5.41, 5.74) is 0. The SMILES string of the molecule is CC[C@H]1CCN(C2CCC2)C[C@@H]1C. The fourth-order valence-electron chi connectivity index (χ4n) is 2.92. The number of hydrogen-bond acceptors (Lipinski definition) is 1. The quantitative estimate of drug-likeness (QED) is 0.633. The molecular weight excluding hydrogens is 158 g/mol. The predicted octanol–water partition coefficient (Wildman–Crippen LogP) is 2.91. The van der Waals surface area contributed by atoms with Crippen LogP contribution in [0.5, 0.6) is 0 Å². The van der Waals surface area contributed by atoms with E-state index in [1.165, 1.54) is 45.2 Å². The van der Waals surface area contributed by atoms with Crippen molar-refractivity contribution >= 4 is 0 Å². The van der Waals surface area contributed by atoms with Gasteiger partial charge in [-0.1, -0.05) is 26.7 Å². The standard InChI is InChI=1S/C12H23N/c1-3-11-7-8-13(9-10(11)2)12-5-4-6-12/h10-12H,3-9H2,1-2H3/t10-,11-/m0/s1. The third-order valence-electron chi connectivity index (χ3n) is 4.23. The molecule has 1 heteroatoms. The molecule has 0 radical (unpaired) electrons. The van der Waals surface area contributed by atoms with Crippen LogP contribution in [0.4, 0.5) is 0 Å². The molecular formula is C12H23N. The van der Waals surface area contributed by atoms with E-state index in [1.54, 1.807) is 0 Å². The number of likely N-dealkylation sites (tertiary alicyclic amines) is 1.